The van der Waals surface area contributed by atoms with Gasteiger partial charge in [-0.15, -0.1) is 0 Å². The molecule has 0 aliphatic carbocycles. The van der Waals surface area contributed by atoms with Crippen molar-refractivity contribution in [2.45, 2.75) is 183 Å². The van der Waals surface area contributed by atoms with Crippen molar-refractivity contribution in [2.75, 3.05) is 0 Å². The summed E-state index contributed by atoms with van der Waals surface area (Å²) in [5.74, 6) is -0.909. The molecule has 3 heteroatoms. The molecule has 0 spiro atoms. The third kappa shape index (κ3) is 40.2. The van der Waals surface area contributed by atoms with Crippen LogP contribution in [0.5, 0.6) is 0 Å². The molecule has 0 aromatic rings. The van der Waals surface area contributed by atoms with Crippen molar-refractivity contribution in [2.24, 2.45) is 0 Å². The normalized spacial score (nSPS) is 10.8. The first kappa shape index (κ1) is 35.9. The van der Waals surface area contributed by atoms with Gasteiger partial charge in [0.05, 0.1) is 0 Å². The summed E-state index contributed by atoms with van der Waals surface area (Å²) in [7, 11) is 0. The molecule has 0 radical (unpaired) electrons. The van der Waals surface area contributed by atoms with Crippen LogP contribution in [-0.2, 0) is 4.79 Å². The van der Waals surface area contributed by atoms with Crippen molar-refractivity contribution in [1.82, 2.24) is 0 Å². The average Bonchev–Trinajstić information content (AvgIpc) is 2.81. The number of carboxylic acid groups (broad SMARTS) is 1. The molecule has 0 aromatic carbocycles. The standard InChI is InChI=1S/C18H37.C12H24O2.Ca/c1-3-5-7-9-11-13-15-17-18-16-14-12-10-8-6-4-2;1-2-3-4-5-6-7-8-9-10-11-12(13)14;/h1,3-18H2,2H3;2-11H2,1H3,(H,13,14);/q;;+1/p-1. The molecular weight excluding hydrogens is 432 g/mol. The SMILES string of the molecule is CCCCCCCCCCCC(=O)[O-].CCCCCCCCCCCCCCCCC[CH2][Ca+]. The number of carbonyl (C=O) groups excluding carboxylic acids is 1. The van der Waals surface area contributed by atoms with Crippen molar-refractivity contribution in [3.63, 3.8) is 0 Å². The topological polar surface area (TPSA) is 40.1 Å². The third-order valence-electron chi connectivity index (χ3n) is 6.59. The molecule has 0 heterocycles. The van der Waals surface area contributed by atoms with Gasteiger partial charge in [-0.3, -0.25) is 0 Å². The molecule has 194 valence electrons. The van der Waals surface area contributed by atoms with Gasteiger partial charge in [0.2, 0.25) is 0 Å². The molecule has 0 unspecified atom stereocenters. The second-order valence-electron chi connectivity index (χ2n) is 10.1. The fourth-order valence-corrected chi connectivity index (χ4v) is 4.86. The van der Waals surface area contributed by atoms with E-state index in [0.717, 1.165) is 12.8 Å². The molecule has 0 fully saturated rings. The van der Waals surface area contributed by atoms with E-state index in [-0.39, 0.29) is 6.42 Å². The quantitative estimate of drug-likeness (QED) is 0.0890. The number of rotatable bonds is 26. The Morgan fingerprint density at radius 3 is 0.939 bits per heavy atom. The van der Waals surface area contributed by atoms with Crippen LogP contribution in [0.4, 0.5) is 0 Å². The number of unbranched alkanes of at least 4 members (excludes halogenated alkanes) is 23. The molecule has 0 atom stereocenters. The van der Waals surface area contributed by atoms with Crippen LogP contribution in [0.2, 0.25) is 2.52 Å². The molecule has 0 aromatic heterocycles. The maximum atomic E-state index is 10.1. The Kier molecular flexibility index (Phi) is 37.9. The summed E-state index contributed by atoms with van der Waals surface area (Å²) in [5.41, 5.74) is 0. The Bertz CT molecular complexity index is 330. The summed E-state index contributed by atoms with van der Waals surface area (Å²) in [6.45, 7) is 4.52. The van der Waals surface area contributed by atoms with Gasteiger partial charge in [0.25, 0.3) is 0 Å². The molecule has 0 aliphatic heterocycles. The van der Waals surface area contributed by atoms with Gasteiger partial charge in [-0.05, 0) is 12.8 Å². The molecule has 0 rings (SSSR count). The second kappa shape index (κ2) is 34.9. The van der Waals surface area contributed by atoms with E-state index in [9.17, 15) is 9.90 Å². The van der Waals surface area contributed by atoms with Gasteiger partial charge >= 0.3 is 109 Å². The van der Waals surface area contributed by atoms with Gasteiger partial charge in [0.1, 0.15) is 0 Å². The van der Waals surface area contributed by atoms with Gasteiger partial charge < -0.3 is 9.90 Å². The van der Waals surface area contributed by atoms with E-state index in [1.165, 1.54) is 186 Å². The predicted octanol–water partition coefficient (Wildman–Crippen LogP) is 9.49. The molecule has 0 N–H and O–H groups in total. The van der Waals surface area contributed by atoms with Crippen LogP contribution in [0.25, 0.3) is 0 Å². The zero-order valence-corrected chi connectivity index (χ0v) is 25.3. The second-order valence-corrected chi connectivity index (χ2v) is 11.2. The Labute approximate surface area is 233 Å². The number of carboxylic acids is 1. The van der Waals surface area contributed by atoms with E-state index < -0.39 is 5.97 Å². The predicted molar refractivity (Wildman–Crippen MR) is 147 cm³/mol. The fraction of sp³-hybridized carbons (Fsp3) is 0.967. The molecular formula is C30H60CaO2. The van der Waals surface area contributed by atoms with Crippen molar-refractivity contribution in [3.8, 4) is 0 Å². The van der Waals surface area contributed by atoms with E-state index in [1.807, 2.05) is 0 Å². The van der Waals surface area contributed by atoms with Crippen molar-refractivity contribution >= 4 is 41.8 Å². The van der Waals surface area contributed by atoms with E-state index in [1.54, 1.807) is 0 Å². The number of carbonyl (C=O) groups is 1. The maximum absolute atomic E-state index is 10.1. The Morgan fingerprint density at radius 2 is 0.697 bits per heavy atom. The zero-order chi connectivity index (χ0) is 24.7. The first-order chi connectivity index (χ1) is 16.2. The Morgan fingerprint density at radius 1 is 0.455 bits per heavy atom. The van der Waals surface area contributed by atoms with Crippen LogP contribution in [0, 0.1) is 0 Å². The Balaban J connectivity index is 0. The van der Waals surface area contributed by atoms with Crippen LogP contribution in [0.1, 0.15) is 181 Å². The van der Waals surface area contributed by atoms with Crippen molar-refractivity contribution < 1.29 is 9.90 Å². The van der Waals surface area contributed by atoms with E-state index >= 15 is 0 Å². The molecule has 0 amide bonds. The zero-order valence-electron chi connectivity index (χ0n) is 23.1. The van der Waals surface area contributed by atoms with E-state index in [2.05, 4.69) is 13.8 Å². The Hall–Kier alpha value is 0.730. The van der Waals surface area contributed by atoms with Crippen LogP contribution in [0.15, 0.2) is 0 Å². The summed E-state index contributed by atoms with van der Waals surface area (Å²) in [6, 6.07) is 0. The molecule has 0 saturated carbocycles. The summed E-state index contributed by atoms with van der Waals surface area (Å²) in [4.78, 5) is 10.1. The first-order valence-electron chi connectivity index (χ1n) is 15.2. The molecule has 33 heavy (non-hydrogen) atoms. The minimum absolute atomic E-state index is 0.232. The molecule has 0 aliphatic rings. The van der Waals surface area contributed by atoms with Crippen LogP contribution >= 0.6 is 0 Å². The van der Waals surface area contributed by atoms with E-state index in [4.69, 9.17) is 0 Å². The summed E-state index contributed by atoms with van der Waals surface area (Å²) in [5, 5.41) is 10.1. The molecule has 2 nitrogen and oxygen atoms in total. The number of hydrogen-bond donors (Lipinski definition) is 0. The van der Waals surface area contributed by atoms with Crippen LogP contribution in [0.3, 0.4) is 0 Å². The van der Waals surface area contributed by atoms with Gasteiger partial charge in [-0.1, -0.05) is 97.3 Å². The average molecular weight is 493 g/mol. The molecule has 0 saturated heterocycles. The van der Waals surface area contributed by atoms with Crippen LogP contribution < -0.4 is 5.11 Å². The third-order valence-corrected chi connectivity index (χ3v) is 7.37. The monoisotopic (exact) mass is 492 g/mol. The number of aliphatic carboxylic acids is 1. The summed E-state index contributed by atoms with van der Waals surface area (Å²) in [6.07, 6.45) is 34.9. The molecule has 0 bridgehead atoms. The minimum atomic E-state index is -0.909. The van der Waals surface area contributed by atoms with Gasteiger partial charge in [0, 0.05) is 5.97 Å². The first-order valence-corrected chi connectivity index (χ1v) is 16.7. The van der Waals surface area contributed by atoms with E-state index in [0.29, 0.717) is 0 Å². The van der Waals surface area contributed by atoms with Crippen LogP contribution in [-0.4, -0.2) is 41.8 Å². The summed E-state index contributed by atoms with van der Waals surface area (Å²) < 4.78 is 1.50. The van der Waals surface area contributed by atoms with Crippen molar-refractivity contribution in [1.29, 1.82) is 0 Å². The number of hydrogen-bond acceptors (Lipinski definition) is 2. The van der Waals surface area contributed by atoms with Gasteiger partial charge in [0.15, 0.2) is 0 Å². The van der Waals surface area contributed by atoms with Crippen molar-refractivity contribution in [3.05, 3.63) is 0 Å². The van der Waals surface area contributed by atoms with Gasteiger partial charge in [-0.2, -0.15) is 0 Å². The summed E-state index contributed by atoms with van der Waals surface area (Å²) >= 11 is 1.50. The fourth-order valence-electron chi connectivity index (χ4n) is 4.30. The van der Waals surface area contributed by atoms with Gasteiger partial charge in [-0.25, -0.2) is 0 Å².